The molecule has 0 aliphatic carbocycles. The fourth-order valence-corrected chi connectivity index (χ4v) is 4.65. The number of halogens is 1. The maximum atomic E-state index is 13.6. The normalized spacial score (nSPS) is 12.2. The fraction of sp³-hybridized carbons (Fsp3) is 0.290. The summed E-state index contributed by atoms with van der Waals surface area (Å²) in [5.41, 5.74) is 2.26. The van der Waals surface area contributed by atoms with Crippen molar-refractivity contribution in [3.05, 3.63) is 93.6 Å². The van der Waals surface area contributed by atoms with Gasteiger partial charge in [0.15, 0.2) is 5.78 Å². The predicted octanol–water partition coefficient (Wildman–Crippen LogP) is 6.09. The third kappa shape index (κ3) is 7.31. The monoisotopic (exact) mass is 578 g/mol. The summed E-state index contributed by atoms with van der Waals surface area (Å²) in [6.07, 6.45) is 3.22. The SMILES string of the molecule is COc1cn([C@@H](CCOC(C)(C)C)C(=O)Cc2ccc(C(=O)O)cc2)c(=O)cc1-c1cc(Cl)ccc1-c1ccon1. The number of ketones is 1. The first-order valence-corrected chi connectivity index (χ1v) is 13.3. The van der Waals surface area contributed by atoms with Gasteiger partial charge < -0.3 is 23.7 Å². The minimum atomic E-state index is -1.05. The molecule has 0 aliphatic rings. The van der Waals surface area contributed by atoms with E-state index in [0.29, 0.717) is 38.7 Å². The lowest BCUT2D eigenvalue weighted by atomic mass is 9.97. The highest BCUT2D eigenvalue weighted by Crippen LogP contribution is 2.38. The Morgan fingerprint density at radius 2 is 1.78 bits per heavy atom. The summed E-state index contributed by atoms with van der Waals surface area (Å²) in [5, 5.41) is 13.7. The van der Waals surface area contributed by atoms with Crippen molar-refractivity contribution in [2.24, 2.45) is 0 Å². The number of Topliss-reactive ketones (excluding diaryl/α,β-unsaturated/α-hetero) is 1. The van der Waals surface area contributed by atoms with Crippen LogP contribution in [0.2, 0.25) is 5.02 Å². The summed E-state index contributed by atoms with van der Waals surface area (Å²) in [7, 11) is 1.48. The van der Waals surface area contributed by atoms with Crippen molar-refractivity contribution in [3.8, 4) is 28.1 Å². The Hall–Kier alpha value is -4.21. The lowest BCUT2D eigenvalue weighted by Gasteiger charge is -2.24. The summed E-state index contributed by atoms with van der Waals surface area (Å²) < 4.78 is 18.0. The molecular formula is C31H31ClN2O7. The van der Waals surface area contributed by atoms with Gasteiger partial charge in [0.25, 0.3) is 5.56 Å². The molecule has 1 N–H and O–H groups in total. The average molecular weight is 579 g/mol. The molecule has 0 fully saturated rings. The van der Waals surface area contributed by atoms with Gasteiger partial charge in [0.05, 0.1) is 30.5 Å². The van der Waals surface area contributed by atoms with Crippen molar-refractivity contribution in [2.75, 3.05) is 13.7 Å². The average Bonchev–Trinajstić information content (AvgIpc) is 3.46. The number of nitrogens with zero attached hydrogens (tertiary/aromatic N) is 2. The number of carbonyl (C=O) groups is 2. The molecule has 1 atom stereocenters. The molecule has 0 radical (unpaired) electrons. The minimum Gasteiger partial charge on any atom is -0.495 e. The third-order valence-corrected chi connectivity index (χ3v) is 6.70. The van der Waals surface area contributed by atoms with E-state index in [0.717, 1.165) is 0 Å². The van der Waals surface area contributed by atoms with E-state index in [4.69, 9.17) is 25.6 Å². The smallest absolute Gasteiger partial charge is 0.335 e. The Morgan fingerprint density at radius 3 is 2.39 bits per heavy atom. The zero-order chi connectivity index (χ0) is 29.7. The Kier molecular flexibility index (Phi) is 9.10. The van der Waals surface area contributed by atoms with Crippen molar-refractivity contribution in [1.29, 1.82) is 0 Å². The second-order valence-electron chi connectivity index (χ2n) is 10.5. The zero-order valence-corrected chi connectivity index (χ0v) is 24.0. The van der Waals surface area contributed by atoms with Crippen molar-refractivity contribution in [1.82, 2.24) is 9.72 Å². The lowest BCUT2D eigenvalue weighted by molar-refractivity contribution is -0.122. The molecule has 2 aromatic carbocycles. The Morgan fingerprint density at radius 1 is 1.05 bits per heavy atom. The highest BCUT2D eigenvalue weighted by atomic mass is 35.5. The number of carbonyl (C=O) groups excluding carboxylic acids is 1. The van der Waals surface area contributed by atoms with Crippen LogP contribution in [0.4, 0.5) is 0 Å². The van der Waals surface area contributed by atoms with Gasteiger partial charge in [-0.2, -0.15) is 0 Å². The molecule has 0 unspecified atom stereocenters. The number of pyridine rings is 1. The number of ether oxygens (including phenoxy) is 2. The van der Waals surface area contributed by atoms with Gasteiger partial charge in [0, 0.05) is 41.3 Å². The van der Waals surface area contributed by atoms with Crippen LogP contribution in [-0.4, -0.2) is 45.9 Å². The minimum absolute atomic E-state index is 0.00118. The number of methoxy groups -OCH3 is 1. The van der Waals surface area contributed by atoms with Crippen molar-refractivity contribution in [2.45, 2.75) is 45.3 Å². The third-order valence-electron chi connectivity index (χ3n) is 6.46. The highest BCUT2D eigenvalue weighted by molar-refractivity contribution is 6.31. The number of carboxylic acid groups (broad SMARTS) is 1. The molecule has 2 aromatic heterocycles. The molecule has 214 valence electrons. The van der Waals surface area contributed by atoms with Crippen LogP contribution in [0.1, 0.15) is 49.2 Å². The first-order valence-electron chi connectivity index (χ1n) is 13.0. The first kappa shape index (κ1) is 29.8. The van der Waals surface area contributed by atoms with Crippen molar-refractivity contribution in [3.63, 3.8) is 0 Å². The Labute approximate surface area is 242 Å². The number of hydrogen-bond acceptors (Lipinski definition) is 7. The van der Waals surface area contributed by atoms with Gasteiger partial charge in [0.1, 0.15) is 17.7 Å². The number of rotatable bonds is 11. The number of carboxylic acids is 1. The topological polar surface area (TPSA) is 121 Å². The summed E-state index contributed by atoms with van der Waals surface area (Å²) in [5.74, 6) is -0.921. The number of hydrogen-bond donors (Lipinski definition) is 1. The summed E-state index contributed by atoms with van der Waals surface area (Å²) >= 11 is 6.33. The maximum Gasteiger partial charge on any atom is 0.335 e. The quantitative estimate of drug-likeness (QED) is 0.227. The van der Waals surface area contributed by atoms with E-state index in [2.05, 4.69) is 5.16 Å². The van der Waals surface area contributed by atoms with Crippen molar-refractivity contribution < 1.29 is 28.7 Å². The molecular weight excluding hydrogens is 548 g/mol. The first-order chi connectivity index (χ1) is 19.5. The molecule has 4 rings (SSSR count). The fourth-order valence-electron chi connectivity index (χ4n) is 4.48. The highest BCUT2D eigenvalue weighted by Gasteiger charge is 2.25. The van der Waals surface area contributed by atoms with Gasteiger partial charge in [-0.15, -0.1) is 0 Å². The van der Waals surface area contributed by atoms with Gasteiger partial charge in [-0.3, -0.25) is 9.59 Å². The standard InChI is InChI=1S/C31H31ClN2O7/c1-31(2,3)40-13-12-26(27(35)15-19-5-7-20(8-6-19)30(37)38)34-18-28(39-4)24(17-29(34)36)23-16-21(32)9-10-22(23)25-11-14-41-33-25/h5-11,14,16-18,26H,12-13,15H2,1-4H3,(H,37,38)/t26-/m0/s1. The molecule has 0 amide bonds. The number of aromatic nitrogens is 2. The second-order valence-corrected chi connectivity index (χ2v) is 10.9. The molecule has 0 aliphatic heterocycles. The van der Waals surface area contributed by atoms with Gasteiger partial charge >= 0.3 is 5.97 Å². The molecule has 4 aromatic rings. The zero-order valence-electron chi connectivity index (χ0n) is 23.2. The van der Waals surface area contributed by atoms with Gasteiger partial charge in [-0.1, -0.05) is 35.0 Å². The van der Waals surface area contributed by atoms with Crippen LogP contribution < -0.4 is 10.3 Å². The van der Waals surface area contributed by atoms with Gasteiger partial charge in [-0.25, -0.2) is 4.79 Å². The van der Waals surface area contributed by atoms with Crippen LogP contribution in [0.25, 0.3) is 22.4 Å². The van der Waals surface area contributed by atoms with E-state index in [1.54, 1.807) is 36.4 Å². The van der Waals surface area contributed by atoms with E-state index >= 15 is 0 Å². The summed E-state index contributed by atoms with van der Waals surface area (Å²) in [6.45, 7) is 5.97. The largest absolute Gasteiger partial charge is 0.495 e. The van der Waals surface area contributed by atoms with Gasteiger partial charge in [-0.05, 0) is 62.6 Å². The van der Waals surface area contributed by atoms with Crippen LogP contribution in [-0.2, 0) is 16.0 Å². The van der Waals surface area contributed by atoms with Gasteiger partial charge in [0.2, 0.25) is 0 Å². The van der Waals surface area contributed by atoms with Crippen LogP contribution >= 0.6 is 11.6 Å². The van der Waals surface area contributed by atoms with Crippen LogP contribution in [0.5, 0.6) is 5.75 Å². The molecule has 41 heavy (non-hydrogen) atoms. The Bertz CT molecular complexity index is 1590. The summed E-state index contributed by atoms with van der Waals surface area (Å²) in [4.78, 5) is 38.5. The van der Waals surface area contributed by atoms with Crippen LogP contribution in [0.3, 0.4) is 0 Å². The molecule has 2 heterocycles. The maximum absolute atomic E-state index is 13.6. The van der Waals surface area contributed by atoms with Crippen LogP contribution in [0, 0.1) is 0 Å². The second kappa shape index (κ2) is 12.5. The van der Waals surface area contributed by atoms with Crippen LogP contribution in [0.15, 0.2) is 76.4 Å². The van der Waals surface area contributed by atoms with Crippen molar-refractivity contribution >= 4 is 23.4 Å². The van der Waals surface area contributed by atoms with E-state index in [1.165, 1.54) is 42.3 Å². The van der Waals surface area contributed by atoms with E-state index in [9.17, 15) is 19.5 Å². The van der Waals surface area contributed by atoms with E-state index in [-0.39, 0.29) is 30.8 Å². The number of benzene rings is 2. The molecule has 0 saturated heterocycles. The Balaban J connectivity index is 1.75. The molecule has 0 bridgehead atoms. The molecule has 0 spiro atoms. The van der Waals surface area contributed by atoms with E-state index < -0.39 is 23.2 Å². The lowest BCUT2D eigenvalue weighted by Crippen LogP contribution is -2.32. The molecule has 9 nitrogen and oxygen atoms in total. The molecule has 0 saturated carbocycles. The summed E-state index contributed by atoms with van der Waals surface area (Å²) in [6, 6.07) is 13.6. The van der Waals surface area contributed by atoms with E-state index in [1.807, 2.05) is 20.8 Å². The number of aromatic carboxylic acids is 1. The molecule has 10 heteroatoms. The predicted molar refractivity (Wildman–Crippen MR) is 155 cm³/mol.